The lowest BCUT2D eigenvalue weighted by atomic mass is 9.96. The predicted octanol–water partition coefficient (Wildman–Crippen LogP) is -15.4. The molecule has 132 heavy (non-hydrogen) atoms. The fraction of sp³-hybridized carbons (Fsp3) is 0.962. The lowest BCUT2D eigenvalue weighted by molar-refractivity contribution is -0.304. The van der Waals surface area contributed by atoms with Crippen molar-refractivity contribution >= 4 is 17.7 Å². The number of carbonyl (C=O) groups excluding carboxylic acids is 3. The van der Waals surface area contributed by atoms with Crippen molar-refractivity contribution in [3.8, 4) is 0 Å². The molecule has 0 unspecified atom stereocenters. The van der Waals surface area contributed by atoms with Crippen LogP contribution in [0.3, 0.4) is 0 Å². The van der Waals surface area contributed by atoms with Crippen LogP contribution >= 0.6 is 0 Å². The molecule has 21 N–H and O–H groups in total. The van der Waals surface area contributed by atoms with Crippen molar-refractivity contribution in [3.05, 3.63) is 0 Å². The summed E-state index contributed by atoms with van der Waals surface area (Å²) in [7, 11) is 0. The van der Waals surface area contributed by atoms with Crippen molar-refractivity contribution in [1.82, 2.24) is 16.0 Å². The van der Waals surface area contributed by atoms with E-state index in [9.17, 15) is 106 Å². The van der Waals surface area contributed by atoms with Crippen molar-refractivity contribution in [2.45, 2.75) is 184 Å². The lowest BCUT2D eigenvalue weighted by Crippen LogP contribution is -2.67. The number of amides is 3. The van der Waals surface area contributed by atoms with Gasteiger partial charge in [-0.3, -0.25) is 14.4 Å². The molecular formula is C78H141N3O51. The van der Waals surface area contributed by atoms with Gasteiger partial charge in [-0.2, -0.15) is 0 Å². The molecule has 7 aliphatic heterocycles. The fourth-order valence-corrected chi connectivity index (χ4v) is 13.4. The molecule has 0 spiro atoms. The van der Waals surface area contributed by atoms with Gasteiger partial charge in [-0.25, -0.2) is 0 Å². The summed E-state index contributed by atoms with van der Waals surface area (Å²) in [6, 6.07) is -4.78. The quantitative estimate of drug-likeness (QED) is 0.0251. The second-order valence-corrected chi connectivity index (χ2v) is 30.4. The largest absolute Gasteiger partial charge is 0.394 e. The first-order chi connectivity index (χ1) is 64.0. The number of fused-ring (bicyclic) bond motifs is 6. The van der Waals surface area contributed by atoms with Gasteiger partial charge in [0.05, 0.1) is 277 Å². The van der Waals surface area contributed by atoms with Crippen LogP contribution in [0.5, 0.6) is 0 Å². The van der Waals surface area contributed by atoms with Gasteiger partial charge >= 0.3 is 0 Å². The minimum Gasteiger partial charge on any atom is -0.394 e. The van der Waals surface area contributed by atoms with Gasteiger partial charge < -0.3 is 250 Å². The van der Waals surface area contributed by atoms with E-state index in [0.29, 0.717) is 0 Å². The molecule has 0 radical (unpaired) electrons. The Morgan fingerprint density at radius 3 is 0.568 bits per heavy atom. The fourth-order valence-electron chi connectivity index (χ4n) is 13.4. The topological polar surface area (TPSA) is 728 Å². The third-order valence-electron chi connectivity index (χ3n) is 20.7. The van der Waals surface area contributed by atoms with E-state index in [1.807, 2.05) is 0 Å². The van der Waals surface area contributed by atoms with Gasteiger partial charge in [-0.05, 0) is 0 Å². The second-order valence-electron chi connectivity index (χ2n) is 30.4. The van der Waals surface area contributed by atoms with Crippen LogP contribution in [0.15, 0.2) is 0 Å². The summed E-state index contributed by atoms with van der Waals surface area (Å²) in [5, 5.41) is 195. The second kappa shape index (κ2) is 67.8. The highest BCUT2D eigenvalue weighted by molar-refractivity contribution is 5.78. The summed E-state index contributed by atoms with van der Waals surface area (Å²) < 4.78 is 168. The molecule has 0 aromatic carbocycles. The molecule has 0 aromatic rings. The number of nitrogens with one attached hydrogen (secondary N) is 3. The predicted molar refractivity (Wildman–Crippen MR) is 430 cm³/mol. The van der Waals surface area contributed by atoms with E-state index in [1.54, 1.807) is 0 Å². The standard InChI is InChI=1S/C78H141N3O51/c82-37-46-58(88)67(97)70(100)76(127-46)121-34-31-115-22-19-109-10-7-103-1-4-106-13-16-112-25-28-118-43-52(85)79-55-64(94)61(91)49-41-125-74-57(81-54(87)45-120-30-27-114-18-15-108-6-3-105-9-12-111-21-24-117-33-36-123-78-72(102)69(99)60(90)48(39-84)129-78)66(96)63(93)51(132-74)42-126-75-56(65(95)62(92)50(131-75)40-124-73(55)130-49)80-53(86)44-119-29-26-113-17-14-107-5-2-104-8-11-110-20-23-116-32-35-122-77-71(101)68(98)59(89)47(38-83)128-77/h46-51,55-78,82-84,88-102H,1-45H2,(H,79,85)(H,80,86)(H,81,87)/t46-,47-,48-,49-,50-,51-,55-,56-,57-,58+,59+,60+,61-,62-,63-,64-,65-,66-,67+,68+,69+,70-,71-,72-,73-,74-,75-,76-,77-,78-/m1/s1. The Labute approximate surface area is 761 Å². The molecule has 0 saturated carbocycles. The van der Waals surface area contributed by atoms with E-state index < -0.39 is 261 Å². The molecule has 54 heteroatoms. The van der Waals surface area contributed by atoms with Gasteiger partial charge in [-0.15, -0.1) is 0 Å². The molecule has 30 atom stereocenters. The number of hydrogen-bond acceptors (Lipinski definition) is 51. The number of aliphatic hydroxyl groups is 18. The molecule has 7 saturated heterocycles. The van der Waals surface area contributed by atoms with E-state index in [4.69, 9.17) is 142 Å². The molecule has 6 bridgehead atoms. The summed E-state index contributed by atoms with van der Waals surface area (Å²) in [4.78, 5) is 40.5. The first kappa shape index (κ1) is 115. The Morgan fingerprint density at radius 2 is 0.386 bits per heavy atom. The first-order valence-electron chi connectivity index (χ1n) is 43.9. The number of rotatable bonds is 69. The molecular weight excluding hydrogens is 1790 g/mol. The summed E-state index contributed by atoms with van der Waals surface area (Å²) in [5.41, 5.74) is 0. The minimum atomic E-state index is -1.91. The van der Waals surface area contributed by atoms with Crippen LogP contribution in [0.2, 0.25) is 0 Å². The Kier molecular flexibility index (Phi) is 59.3. The summed E-state index contributed by atoms with van der Waals surface area (Å²) in [6.45, 7) is 0.0574. The summed E-state index contributed by atoms with van der Waals surface area (Å²) in [5.74, 6) is -2.49. The molecule has 54 nitrogen and oxygen atoms in total. The van der Waals surface area contributed by atoms with Crippen LogP contribution < -0.4 is 16.0 Å². The van der Waals surface area contributed by atoms with E-state index in [0.717, 1.165) is 0 Å². The van der Waals surface area contributed by atoms with Gasteiger partial charge in [0.2, 0.25) is 17.7 Å². The van der Waals surface area contributed by atoms with Crippen LogP contribution in [0.4, 0.5) is 0 Å². The number of hydrogen-bond donors (Lipinski definition) is 21. The van der Waals surface area contributed by atoms with Crippen LogP contribution in [-0.2, 0) is 156 Å². The van der Waals surface area contributed by atoms with E-state index in [-0.39, 0.29) is 238 Å². The van der Waals surface area contributed by atoms with Gasteiger partial charge in [0, 0.05) is 0 Å². The summed E-state index contributed by atoms with van der Waals surface area (Å²) >= 11 is 0. The van der Waals surface area contributed by atoms with Crippen LogP contribution in [0.25, 0.3) is 0 Å². The van der Waals surface area contributed by atoms with Gasteiger partial charge in [0.15, 0.2) is 37.7 Å². The Hall–Kier alpha value is -3.51. The molecule has 7 heterocycles. The average molecular weight is 1940 g/mol. The molecule has 3 amide bonds. The van der Waals surface area contributed by atoms with Gasteiger partial charge in [-0.1, -0.05) is 0 Å². The Morgan fingerprint density at radius 1 is 0.212 bits per heavy atom. The Bertz CT molecular complexity index is 2640. The van der Waals surface area contributed by atoms with Gasteiger partial charge in [0.25, 0.3) is 0 Å². The molecule has 7 aliphatic rings. The highest BCUT2D eigenvalue weighted by Gasteiger charge is 2.54. The SMILES string of the molecule is O=C(COCCOCCOCCOCCOCCOCCO[C@@H]1O[C@H](CO)[C@H](O)[C@H](O)[C@H]1O)N[C@H]1[C@@H]2OC[C@H]3O[C@@H](OC[C@H]4O[C@@H](OC[C@@H](O2)[C@@H](O)[C@@H]1O)[C@H](NC(=O)COCCOCCOCCOCCOCCOCCO[C@@H]1O[C@H](CO)[C@H](O)[C@H](O)[C@H]1O)[C@@H](O)[C@@H]4O)[C@H](NC(=O)COCCOCCOCCOCCOCCOCCO[C@@H]1O[C@H](CO)[C@H](O)[C@H](O)[C@H]1O)[C@@H](O)[C@@H]3O. The van der Waals surface area contributed by atoms with E-state index in [2.05, 4.69) is 16.0 Å². The van der Waals surface area contributed by atoms with Crippen molar-refractivity contribution in [1.29, 1.82) is 0 Å². The maximum atomic E-state index is 13.5. The van der Waals surface area contributed by atoms with Crippen LogP contribution in [0.1, 0.15) is 0 Å². The minimum absolute atomic E-state index is 0.00500. The average Bonchev–Trinajstić information content (AvgIpc) is 1.15. The molecule has 0 aromatic heterocycles. The third kappa shape index (κ3) is 41.7. The zero-order valence-electron chi connectivity index (χ0n) is 73.7. The monoisotopic (exact) mass is 1940 g/mol. The zero-order valence-corrected chi connectivity index (χ0v) is 73.7. The maximum Gasteiger partial charge on any atom is 0.246 e. The number of ether oxygens (including phenoxy) is 30. The number of aliphatic hydroxyl groups excluding tert-OH is 18. The Balaban J connectivity index is 0.793. The van der Waals surface area contributed by atoms with E-state index in [1.165, 1.54) is 0 Å². The van der Waals surface area contributed by atoms with Gasteiger partial charge in [0.1, 0.15) is 166 Å². The maximum absolute atomic E-state index is 13.5. The van der Waals surface area contributed by atoms with Crippen LogP contribution in [0, 0.1) is 0 Å². The highest BCUT2D eigenvalue weighted by Crippen LogP contribution is 2.32. The van der Waals surface area contributed by atoms with Crippen molar-refractivity contribution < 1.29 is 248 Å². The normalized spacial score (nSPS) is 33.5. The molecule has 7 rings (SSSR count). The lowest BCUT2D eigenvalue weighted by Gasteiger charge is -2.45. The summed E-state index contributed by atoms with van der Waals surface area (Å²) in [6.07, 6.45) is -41.9. The highest BCUT2D eigenvalue weighted by atomic mass is 16.8. The molecule has 0 aliphatic carbocycles. The zero-order chi connectivity index (χ0) is 95.2. The molecule has 774 valence electrons. The molecule has 7 fully saturated rings. The number of carbonyl (C=O) groups is 3. The van der Waals surface area contributed by atoms with E-state index >= 15 is 0 Å². The third-order valence-corrected chi connectivity index (χ3v) is 20.7. The first-order valence-corrected chi connectivity index (χ1v) is 43.9. The van der Waals surface area contributed by atoms with Crippen molar-refractivity contribution in [3.63, 3.8) is 0 Å². The smallest absolute Gasteiger partial charge is 0.246 e. The van der Waals surface area contributed by atoms with Crippen molar-refractivity contribution in [2.24, 2.45) is 0 Å². The van der Waals surface area contributed by atoms with Crippen molar-refractivity contribution in [2.75, 3.05) is 297 Å². The van der Waals surface area contributed by atoms with Crippen LogP contribution in [-0.4, -0.2) is 591 Å².